The molecule has 0 aromatic heterocycles. The first kappa shape index (κ1) is 13.2. The Morgan fingerprint density at radius 3 is 3.06 bits per heavy atom. The van der Waals surface area contributed by atoms with E-state index in [0.717, 1.165) is 38.4 Å². The van der Waals surface area contributed by atoms with Gasteiger partial charge in [-0.2, -0.15) is 0 Å². The lowest BCUT2D eigenvalue weighted by atomic mass is 10.1. The molecule has 2 rings (SSSR count). The fourth-order valence-electron chi connectivity index (χ4n) is 2.46. The number of fused-ring (bicyclic) bond motifs is 1. The quantitative estimate of drug-likeness (QED) is 0.811. The number of ether oxygens (including phenoxy) is 1. The molecule has 18 heavy (non-hydrogen) atoms. The summed E-state index contributed by atoms with van der Waals surface area (Å²) in [5.74, 6) is 1.03. The number of nitrogens with one attached hydrogen (secondary N) is 1. The molecule has 0 bridgehead atoms. The second kappa shape index (κ2) is 6.64. The number of benzene rings is 1. The minimum atomic E-state index is 0.548. The van der Waals surface area contributed by atoms with Crippen LogP contribution in [0.2, 0.25) is 0 Å². The summed E-state index contributed by atoms with van der Waals surface area (Å²) in [4.78, 5) is 2.49. The van der Waals surface area contributed by atoms with Crippen LogP contribution in [0.15, 0.2) is 24.3 Å². The van der Waals surface area contributed by atoms with Gasteiger partial charge >= 0.3 is 0 Å². The lowest BCUT2D eigenvalue weighted by molar-refractivity contribution is 0.322. The molecule has 1 aromatic rings. The van der Waals surface area contributed by atoms with Crippen LogP contribution in [0.5, 0.6) is 5.75 Å². The predicted octanol–water partition coefficient (Wildman–Crippen LogP) is 2.66. The van der Waals surface area contributed by atoms with Crippen molar-refractivity contribution in [2.75, 3.05) is 31.1 Å². The van der Waals surface area contributed by atoms with E-state index in [1.807, 2.05) is 6.07 Å². The second-order valence-electron chi connectivity index (χ2n) is 4.85. The van der Waals surface area contributed by atoms with Crippen LogP contribution in [0.3, 0.4) is 0 Å². The molecule has 0 saturated heterocycles. The van der Waals surface area contributed by atoms with Crippen molar-refractivity contribution in [1.29, 1.82) is 0 Å². The van der Waals surface area contributed by atoms with Crippen molar-refractivity contribution in [3.8, 4) is 5.75 Å². The number of nitrogens with zero attached hydrogens (tertiary/aromatic N) is 1. The Labute approximate surface area is 110 Å². The largest absolute Gasteiger partial charge is 0.491 e. The average Bonchev–Trinajstić information content (AvgIpc) is 2.61. The van der Waals surface area contributed by atoms with Gasteiger partial charge in [-0.25, -0.2) is 0 Å². The van der Waals surface area contributed by atoms with Crippen LogP contribution in [-0.4, -0.2) is 32.3 Å². The molecule has 0 radical (unpaired) electrons. The summed E-state index contributed by atoms with van der Waals surface area (Å²) >= 11 is 0. The Morgan fingerprint density at radius 1 is 1.39 bits per heavy atom. The van der Waals surface area contributed by atoms with E-state index < -0.39 is 0 Å². The Kier molecular flexibility index (Phi) is 4.88. The fraction of sp³-hybridized carbons (Fsp3) is 0.600. The van der Waals surface area contributed by atoms with Gasteiger partial charge in [0.05, 0.1) is 12.3 Å². The molecule has 0 fully saturated rings. The van der Waals surface area contributed by atoms with Crippen LogP contribution in [-0.2, 0) is 0 Å². The SMILES string of the molecule is CCNCCC(C)N1CCCOc2ccccc21. The van der Waals surface area contributed by atoms with Crippen molar-refractivity contribution in [3.63, 3.8) is 0 Å². The van der Waals surface area contributed by atoms with E-state index in [4.69, 9.17) is 4.74 Å². The molecule has 1 aromatic carbocycles. The second-order valence-corrected chi connectivity index (χ2v) is 4.85. The van der Waals surface area contributed by atoms with Gasteiger partial charge in [0, 0.05) is 12.6 Å². The molecule has 100 valence electrons. The molecule has 1 aliphatic heterocycles. The van der Waals surface area contributed by atoms with Gasteiger partial charge in [0.2, 0.25) is 0 Å². The van der Waals surface area contributed by atoms with E-state index in [-0.39, 0.29) is 0 Å². The summed E-state index contributed by atoms with van der Waals surface area (Å²) in [5, 5.41) is 3.40. The smallest absolute Gasteiger partial charge is 0.142 e. The minimum absolute atomic E-state index is 0.548. The maximum Gasteiger partial charge on any atom is 0.142 e. The van der Waals surface area contributed by atoms with E-state index in [9.17, 15) is 0 Å². The number of hydrogen-bond acceptors (Lipinski definition) is 3. The highest BCUT2D eigenvalue weighted by Crippen LogP contribution is 2.32. The molecule has 3 heteroatoms. The summed E-state index contributed by atoms with van der Waals surface area (Å²) in [7, 11) is 0. The van der Waals surface area contributed by atoms with Gasteiger partial charge in [0.1, 0.15) is 5.75 Å². The summed E-state index contributed by atoms with van der Waals surface area (Å²) < 4.78 is 5.80. The molecule has 3 nitrogen and oxygen atoms in total. The first-order valence-electron chi connectivity index (χ1n) is 7.02. The fourth-order valence-corrected chi connectivity index (χ4v) is 2.46. The normalized spacial score (nSPS) is 16.7. The molecule has 1 N–H and O–H groups in total. The van der Waals surface area contributed by atoms with E-state index in [2.05, 4.69) is 42.3 Å². The number of rotatable bonds is 5. The molecule has 0 spiro atoms. The summed E-state index contributed by atoms with van der Waals surface area (Å²) in [6.07, 6.45) is 2.27. The molecule has 1 atom stereocenters. The lowest BCUT2D eigenvalue weighted by Gasteiger charge is -2.30. The average molecular weight is 248 g/mol. The molecule has 0 saturated carbocycles. The van der Waals surface area contributed by atoms with Crippen LogP contribution in [0, 0.1) is 0 Å². The minimum Gasteiger partial charge on any atom is -0.491 e. The predicted molar refractivity (Wildman–Crippen MR) is 76.5 cm³/mol. The number of para-hydroxylation sites is 2. The highest BCUT2D eigenvalue weighted by molar-refractivity contribution is 5.59. The number of hydrogen-bond donors (Lipinski definition) is 1. The van der Waals surface area contributed by atoms with Crippen LogP contribution in [0.4, 0.5) is 5.69 Å². The van der Waals surface area contributed by atoms with Crippen LogP contribution in [0.25, 0.3) is 0 Å². The van der Waals surface area contributed by atoms with Crippen molar-refractivity contribution >= 4 is 5.69 Å². The van der Waals surface area contributed by atoms with Crippen LogP contribution in [0.1, 0.15) is 26.7 Å². The standard InChI is InChI=1S/C15H24N2O/c1-3-16-10-9-13(2)17-11-6-12-18-15-8-5-4-7-14(15)17/h4-5,7-8,13,16H,3,6,9-12H2,1-2H3. The van der Waals surface area contributed by atoms with E-state index >= 15 is 0 Å². The molecule has 1 unspecified atom stereocenters. The van der Waals surface area contributed by atoms with Crippen molar-refractivity contribution in [1.82, 2.24) is 5.32 Å². The van der Waals surface area contributed by atoms with E-state index in [1.54, 1.807) is 0 Å². The Hall–Kier alpha value is -1.22. The Morgan fingerprint density at radius 2 is 2.22 bits per heavy atom. The van der Waals surface area contributed by atoms with Gasteiger partial charge < -0.3 is 15.0 Å². The van der Waals surface area contributed by atoms with Gasteiger partial charge in [-0.15, -0.1) is 0 Å². The van der Waals surface area contributed by atoms with Crippen molar-refractivity contribution in [2.24, 2.45) is 0 Å². The first-order valence-corrected chi connectivity index (χ1v) is 7.02. The molecule has 1 aliphatic rings. The Bertz CT molecular complexity index is 367. The summed E-state index contributed by atoms with van der Waals surface area (Å²) in [6, 6.07) is 8.94. The van der Waals surface area contributed by atoms with Crippen LogP contribution >= 0.6 is 0 Å². The van der Waals surface area contributed by atoms with Gasteiger partial charge in [-0.1, -0.05) is 19.1 Å². The maximum absolute atomic E-state index is 5.80. The van der Waals surface area contributed by atoms with Gasteiger partial charge in [0.15, 0.2) is 0 Å². The van der Waals surface area contributed by atoms with Crippen molar-refractivity contribution < 1.29 is 4.74 Å². The number of anilines is 1. The molecular formula is C15H24N2O. The molecular weight excluding hydrogens is 224 g/mol. The summed E-state index contributed by atoms with van der Waals surface area (Å²) in [6.45, 7) is 8.50. The van der Waals surface area contributed by atoms with E-state index in [1.165, 1.54) is 12.1 Å². The van der Waals surface area contributed by atoms with Crippen molar-refractivity contribution in [3.05, 3.63) is 24.3 Å². The lowest BCUT2D eigenvalue weighted by Crippen LogP contribution is -2.35. The third-order valence-corrected chi connectivity index (χ3v) is 3.50. The first-order chi connectivity index (χ1) is 8.83. The van der Waals surface area contributed by atoms with Crippen LogP contribution < -0.4 is 15.0 Å². The third kappa shape index (κ3) is 3.16. The zero-order chi connectivity index (χ0) is 12.8. The molecule has 1 heterocycles. The van der Waals surface area contributed by atoms with E-state index in [0.29, 0.717) is 6.04 Å². The zero-order valence-electron chi connectivity index (χ0n) is 11.5. The zero-order valence-corrected chi connectivity index (χ0v) is 11.5. The molecule has 0 aliphatic carbocycles. The van der Waals surface area contributed by atoms with Gasteiger partial charge in [0.25, 0.3) is 0 Å². The summed E-state index contributed by atoms with van der Waals surface area (Å²) in [5.41, 5.74) is 1.25. The topological polar surface area (TPSA) is 24.5 Å². The third-order valence-electron chi connectivity index (χ3n) is 3.50. The monoisotopic (exact) mass is 248 g/mol. The van der Waals surface area contributed by atoms with Gasteiger partial charge in [-0.05, 0) is 45.0 Å². The maximum atomic E-state index is 5.80. The highest BCUT2D eigenvalue weighted by Gasteiger charge is 2.20. The highest BCUT2D eigenvalue weighted by atomic mass is 16.5. The Balaban J connectivity index is 2.07. The van der Waals surface area contributed by atoms with Crippen molar-refractivity contribution in [2.45, 2.75) is 32.7 Å². The molecule has 0 amide bonds. The van der Waals surface area contributed by atoms with Gasteiger partial charge in [-0.3, -0.25) is 0 Å².